The summed E-state index contributed by atoms with van der Waals surface area (Å²) in [5.74, 6) is 0.623. The molecule has 11 nitrogen and oxygen atoms in total. The predicted octanol–water partition coefficient (Wildman–Crippen LogP) is -4.81. The first-order chi connectivity index (χ1) is 20.1. The minimum Gasteiger partial charge on any atom is -0.466 e. The zero-order valence-electron chi connectivity index (χ0n) is 28.3. The summed E-state index contributed by atoms with van der Waals surface area (Å²) in [4.78, 5) is 6.43. The average molecular weight is 638 g/mol. The number of morpholine rings is 4. The predicted molar refractivity (Wildman–Crippen MR) is 170 cm³/mol. The molecule has 0 aromatic carbocycles. The SMILES string of the molecule is [CH2-][NH+]1C(C)COCC1C.[CH2-][NH+]1CC(C)OC(C)C1.[CH2-][NH+]1CCOCC1.[CH2-][NH+]1CCS(=O)(=O)CC1.[CH2-][NH+]1C[C@@H](C)O[C@@H](C)C1. The number of quaternary nitrogens is 5. The van der Waals surface area contributed by atoms with Gasteiger partial charge in [0, 0.05) is 0 Å². The van der Waals surface area contributed by atoms with Crippen LogP contribution in [0.4, 0.5) is 0 Å². The van der Waals surface area contributed by atoms with Crippen molar-refractivity contribution < 1.29 is 51.9 Å². The Morgan fingerprint density at radius 2 is 0.884 bits per heavy atom. The molecule has 0 bridgehead atoms. The van der Waals surface area contributed by atoms with Crippen LogP contribution in [0.2, 0.25) is 0 Å². The zero-order valence-corrected chi connectivity index (χ0v) is 29.1. The van der Waals surface area contributed by atoms with E-state index in [0.717, 1.165) is 70.6 Å². The van der Waals surface area contributed by atoms with Crippen LogP contribution in [-0.4, -0.2) is 135 Å². The van der Waals surface area contributed by atoms with Gasteiger partial charge in [0.2, 0.25) is 0 Å². The largest absolute Gasteiger partial charge is 0.466 e. The van der Waals surface area contributed by atoms with Crippen LogP contribution in [0.25, 0.3) is 0 Å². The third-order valence-electron chi connectivity index (χ3n) is 7.97. The van der Waals surface area contributed by atoms with Crippen LogP contribution in [-0.2, 0) is 28.8 Å². The molecule has 5 aliphatic rings. The highest BCUT2D eigenvalue weighted by Crippen LogP contribution is 1.98. The van der Waals surface area contributed by atoms with E-state index in [9.17, 15) is 8.42 Å². The maximum Gasteiger partial charge on any atom is 0.161 e. The summed E-state index contributed by atoms with van der Waals surface area (Å²) < 4.78 is 42.9. The van der Waals surface area contributed by atoms with Gasteiger partial charge in [0.05, 0.1) is 102 Å². The molecule has 5 rings (SSSR count). The third-order valence-corrected chi connectivity index (χ3v) is 9.62. The number of ether oxygens (including phenoxy) is 4. The topological polar surface area (TPSA) is 93.3 Å². The molecular weight excluding hydrogens is 570 g/mol. The smallest absolute Gasteiger partial charge is 0.161 e. The summed E-state index contributed by atoms with van der Waals surface area (Å²) in [6.45, 7) is 23.9. The van der Waals surface area contributed by atoms with Crippen molar-refractivity contribution in [3.63, 3.8) is 0 Å². The van der Waals surface area contributed by atoms with E-state index in [4.69, 9.17) is 18.9 Å². The molecule has 5 heterocycles. The molecule has 0 aromatic heterocycles. The van der Waals surface area contributed by atoms with E-state index >= 15 is 0 Å². The molecule has 7 atom stereocenters. The second-order valence-corrected chi connectivity index (χ2v) is 15.3. The van der Waals surface area contributed by atoms with E-state index in [-0.39, 0.29) is 0 Å². The van der Waals surface area contributed by atoms with Crippen LogP contribution in [0.1, 0.15) is 41.5 Å². The second kappa shape index (κ2) is 21.4. The van der Waals surface area contributed by atoms with Crippen molar-refractivity contribution in [1.82, 2.24) is 0 Å². The van der Waals surface area contributed by atoms with Gasteiger partial charge in [0.15, 0.2) is 9.84 Å². The molecule has 0 amide bonds. The Morgan fingerprint density at radius 3 is 1.14 bits per heavy atom. The molecule has 0 aromatic rings. The highest BCUT2D eigenvalue weighted by atomic mass is 32.2. The molecule has 5 N–H and O–H groups in total. The minimum absolute atomic E-state index is 0.311. The molecular formula is C31H67N5O6S. The average Bonchev–Trinajstić information content (AvgIpc) is 2.89. The van der Waals surface area contributed by atoms with E-state index in [1.807, 2.05) is 0 Å². The van der Waals surface area contributed by atoms with Crippen LogP contribution in [0.15, 0.2) is 0 Å². The van der Waals surface area contributed by atoms with E-state index in [1.54, 1.807) is 0 Å². The number of hydrogen-bond acceptors (Lipinski definition) is 6. The van der Waals surface area contributed by atoms with Crippen LogP contribution >= 0.6 is 0 Å². The summed E-state index contributed by atoms with van der Waals surface area (Å²) in [6, 6.07) is 1.13. The monoisotopic (exact) mass is 637 g/mol. The Labute approximate surface area is 265 Å². The fourth-order valence-corrected chi connectivity index (χ4v) is 6.79. The Morgan fingerprint density at radius 1 is 0.535 bits per heavy atom. The zero-order chi connectivity index (χ0) is 32.6. The molecule has 258 valence electrons. The van der Waals surface area contributed by atoms with Crippen molar-refractivity contribution in [3.05, 3.63) is 35.2 Å². The summed E-state index contributed by atoms with van der Waals surface area (Å²) in [5.41, 5.74) is 0. The standard InChI is InChI=1S/3C7H15NO.C5H11NO2S.C5H11NO/c1-6-4-9-5-7(2)8(6)3;2*1-6-4-8(3)5-7(2)9-6;1-6-2-4-9(7,8)5-3-6;1-6-2-4-7-5-3-6/h3*6-8H,3-5H2,1-2H3;6H,1-5H2;6H,1-5H2/t;6-,7+;;;. The molecule has 43 heavy (non-hydrogen) atoms. The lowest BCUT2D eigenvalue weighted by molar-refractivity contribution is -0.912. The summed E-state index contributed by atoms with van der Waals surface area (Å²) in [5, 5.41) is 0. The van der Waals surface area contributed by atoms with Crippen LogP contribution in [0.3, 0.4) is 0 Å². The Kier molecular flexibility index (Phi) is 20.2. The van der Waals surface area contributed by atoms with Crippen LogP contribution in [0.5, 0.6) is 0 Å². The highest BCUT2D eigenvalue weighted by Gasteiger charge is 2.21. The van der Waals surface area contributed by atoms with E-state index in [1.165, 1.54) is 19.6 Å². The van der Waals surface area contributed by atoms with Gasteiger partial charge in [-0.05, 0) is 41.5 Å². The van der Waals surface area contributed by atoms with Crippen molar-refractivity contribution in [1.29, 1.82) is 0 Å². The first kappa shape index (κ1) is 40.6. The van der Waals surface area contributed by atoms with Gasteiger partial charge in [0.1, 0.15) is 24.4 Å². The van der Waals surface area contributed by atoms with E-state index in [0.29, 0.717) is 61.1 Å². The van der Waals surface area contributed by atoms with Gasteiger partial charge in [-0.25, -0.2) is 8.42 Å². The summed E-state index contributed by atoms with van der Waals surface area (Å²) >= 11 is 0. The van der Waals surface area contributed by atoms with Crippen LogP contribution in [0, 0.1) is 35.2 Å². The third kappa shape index (κ3) is 19.7. The normalized spacial score (nSPS) is 38.3. The molecule has 5 saturated heterocycles. The molecule has 0 radical (unpaired) electrons. The number of hydrogen-bond donors (Lipinski definition) is 5. The molecule has 12 heteroatoms. The fraction of sp³-hybridized carbons (Fsp3) is 0.839. The highest BCUT2D eigenvalue weighted by molar-refractivity contribution is 7.91. The van der Waals surface area contributed by atoms with Crippen LogP contribution < -0.4 is 24.5 Å². The Balaban J connectivity index is 0.000000269. The lowest BCUT2D eigenvalue weighted by Gasteiger charge is -2.38. The molecule has 5 aliphatic heterocycles. The van der Waals surface area contributed by atoms with E-state index in [2.05, 4.69) is 76.8 Å². The van der Waals surface area contributed by atoms with Crippen molar-refractivity contribution in [2.75, 3.05) is 90.3 Å². The molecule has 0 aliphatic carbocycles. The van der Waals surface area contributed by atoms with Crippen molar-refractivity contribution >= 4 is 9.84 Å². The van der Waals surface area contributed by atoms with Gasteiger partial charge in [-0.3, -0.25) is 0 Å². The summed E-state index contributed by atoms with van der Waals surface area (Å²) in [6.07, 6.45) is 1.56. The van der Waals surface area contributed by atoms with Crippen molar-refractivity contribution in [3.8, 4) is 0 Å². The second-order valence-electron chi connectivity index (χ2n) is 13.0. The fourth-order valence-electron chi connectivity index (χ4n) is 5.39. The maximum atomic E-state index is 10.8. The van der Waals surface area contributed by atoms with Gasteiger partial charge in [0.25, 0.3) is 0 Å². The van der Waals surface area contributed by atoms with Crippen molar-refractivity contribution in [2.45, 2.75) is 78.0 Å². The molecule has 0 saturated carbocycles. The van der Waals surface area contributed by atoms with Gasteiger partial charge in [-0.15, -0.1) is 0 Å². The molecule has 5 fully saturated rings. The quantitative estimate of drug-likeness (QED) is 0.171. The number of sulfone groups is 1. The minimum atomic E-state index is -2.68. The molecule has 0 spiro atoms. The van der Waals surface area contributed by atoms with Gasteiger partial charge in [-0.1, -0.05) is 0 Å². The lowest BCUT2D eigenvalue weighted by Crippen LogP contribution is -3.16. The maximum absolute atomic E-state index is 10.8. The first-order valence-corrected chi connectivity index (χ1v) is 17.9. The Bertz CT molecular complexity index is 720. The van der Waals surface area contributed by atoms with Gasteiger partial charge in [-0.2, -0.15) is 35.2 Å². The lowest BCUT2D eigenvalue weighted by atomic mass is 10.2. The number of rotatable bonds is 0. The first-order valence-electron chi connectivity index (χ1n) is 16.1. The van der Waals surface area contributed by atoms with Gasteiger partial charge < -0.3 is 43.4 Å². The van der Waals surface area contributed by atoms with Gasteiger partial charge >= 0.3 is 0 Å². The van der Waals surface area contributed by atoms with E-state index < -0.39 is 9.84 Å². The van der Waals surface area contributed by atoms with Crippen molar-refractivity contribution in [2.24, 2.45) is 0 Å². The summed E-state index contributed by atoms with van der Waals surface area (Å²) in [7, 11) is 16.7. The molecule has 5 unspecified atom stereocenters. The number of nitrogens with one attached hydrogen (secondary N) is 5. The Hall–Kier alpha value is -0.410.